The molecule has 1 unspecified atom stereocenters. The van der Waals surface area contributed by atoms with Crippen LogP contribution in [0.3, 0.4) is 0 Å². The van der Waals surface area contributed by atoms with Gasteiger partial charge in [-0.1, -0.05) is 49.6 Å². The van der Waals surface area contributed by atoms with E-state index >= 15 is 0 Å². The number of hydrogen-bond acceptors (Lipinski definition) is 2. The fourth-order valence-corrected chi connectivity index (χ4v) is 4.28. The van der Waals surface area contributed by atoms with E-state index in [9.17, 15) is 0 Å². The van der Waals surface area contributed by atoms with Crippen molar-refractivity contribution in [2.75, 3.05) is 0 Å². The molecule has 2 aliphatic heterocycles. The summed E-state index contributed by atoms with van der Waals surface area (Å²) in [6, 6.07) is 11.4. The van der Waals surface area contributed by atoms with E-state index < -0.39 is 0 Å². The van der Waals surface area contributed by atoms with Crippen molar-refractivity contribution in [2.45, 2.75) is 62.6 Å². The first-order valence-corrected chi connectivity index (χ1v) is 7.38. The summed E-state index contributed by atoms with van der Waals surface area (Å²) in [6.45, 7) is 0. The van der Waals surface area contributed by atoms with Gasteiger partial charge in [0.05, 0.1) is 12.1 Å². The van der Waals surface area contributed by atoms with Crippen LogP contribution < -0.4 is 0 Å². The van der Waals surface area contributed by atoms with Crippen molar-refractivity contribution in [3.8, 4) is 0 Å². The third kappa shape index (κ3) is 1.55. The van der Waals surface area contributed by atoms with Crippen LogP contribution in [0.5, 0.6) is 0 Å². The lowest BCUT2D eigenvalue weighted by Gasteiger charge is -2.43. The Morgan fingerprint density at radius 1 is 1.06 bits per heavy atom. The minimum atomic E-state index is 0.377. The van der Waals surface area contributed by atoms with Crippen molar-refractivity contribution in [2.24, 2.45) is 0 Å². The molecule has 0 N–H and O–H groups in total. The van der Waals surface area contributed by atoms with Gasteiger partial charge in [0.15, 0.2) is 0 Å². The van der Waals surface area contributed by atoms with E-state index in [2.05, 4.69) is 35.4 Å². The largest absolute Gasteiger partial charge is 0.294 e. The van der Waals surface area contributed by atoms with Crippen LogP contribution in [0.15, 0.2) is 30.3 Å². The molecule has 2 saturated heterocycles. The van der Waals surface area contributed by atoms with Gasteiger partial charge in [0.1, 0.15) is 0 Å². The molecular weight excluding hydrogens is 222 g/mol. The summed E-state index contributed by atoms with van der Waals surface area (Å²) >= 11 is 0. The molecule has 96 valence electrons. The number of piperidine rings is 1. The van der Waals surface area contributed by atoms with Crippen molar-refractivity contribution in [3.63, 3.8) is 0 Å². The number of rotatable bonds is 1. The second kappa shape index (κ2) is 4.07. The Bertz CT molecular complexity index is 424. The maximum Gasteiger partial charge on any atom is 0.0831 e. The highest BCUT2D eigenvalue weighted by molar-refractivity contribution is 5.22. The zero-order valence-corrected chi connectivity index (χ0v) is 10.8. The van der Waals surface area contributed by atoms with Crippen LogP contribution in [-0.4, -0.2) is 16.7 Å². The van der Waals surface area contributed by atoms with Crippen LogP contribution in [-0.2, 0) is 4.84 Å². The lowest BCUT2D eigenvalue weighted by atomic mass is 9.74. The van der Waals surface area contributed by atoms with Crippen molar-refractivity contribution in [1.29, 1.82) is 0 Å². The monoisotopic (exact) mass is 243 g/mol. The number of nitrogens with zero attached hydrogens (tertiary/aromatic N) is 1. The average Bonchev–Trinajstić information content (AvgIpc) is 2.98. The fourth-order valence-electron chi connectivity index (χ4n) is 4.28. The molecule has 2 nitrogen and oxygen atoms in total. The van der Waals surface area contributed by atoms with Crippen molar-refractivity contribution in [3.05, 3.63) is 35.9 Å². The molecule has 0 amide bonds. The highest BCUT2D eigenvalue weighted by Gasteiger charge is 2.55. The molecule has 1 aromatic rings. The van der Waals surface area contributed by atoms with Crippen LogP contribution in [0, 0.1) is 0 Å². The molecule has 3 aliphatic rings. The standard InChI is InChI=1S/C16H21NO/c1-3-7-13(8-4-1)15-11-14-12-16(17(15)18-14)9-5-2-6-10-16/h1,3-4,7-8,14-15H,2,5-6,9-12H2/t14-,15+/m0/s1. The predicted molar refractivity (Wildman–Crippen MR) is 70.9 cm³/mol. The van der Waals surface area contributed by atoms with Gasteiger partial charge in [-0.05, 0) is 31.2 Å². The minimum Gasteiger partial charge on any atom is -0.294 e. The summed E-state index contributed by atoms with van der Waals surface area (Å²) in [6.07, 6.45) is 9.80. The normalized spacial score (nSPS) is 37.2. The van der Waals surface area contributed by atoms with Crippen LogP contribution in [0.1, 0.15) is 56.6 Å². The topological polar surface area (TPSA) is 12.5 Å². The predicted octanol–water partition coefficient (Wildman–Crippen LogP) is 3.84. The Hall–Kier alpha value is -0.860. The first-order chi connectivity index (χ1) is 8.87. The molecule has 1 saturated carbocycles. The Morgan fingerprint density at radius 2 is 1.83 bits per heavy atom. The van der Waals surface area contributed by atoms with E-state index in [1.54, 1.807) is 0 Å². The summed E-state index contributed by atoms with van der Waals surface area (Å²) in [5, 5.41) is 2.40. The molecule has 2 bridgehead atoms. The lowest BCUT2D eigenvalue weighted by Crippen LogP contribution is -2.47. The quantitative estimate of drug-likeness (QED) is 0.743. The van der Waals surface area contributed by atoms with Gasteiger partial charge in [-0.2, -0.15) is 5.06 Å². The fraction of sp³-hybridized carbons (Fsp3) is 0.625. The number of hydrogen-bond donors (Lipinski definition) is 0. The smallest absolute Gasteiger partial charge is 0.0831 e. The Morgan fingerprint density at radius 3 is 2.56 bits per heavy atom. The second-order valence-corrected chi connectivity index (χ2v) is 6.20. The van der Waals surface area contributed by atoms with Gasteiger partial charge in [0.2, 0.25) is 0 Å². The first kappa shape index (κ1) is 11.0. The van der Waals surface area contributed by atoms with E-state index in [0.717, 1.165) is 0 Å². The van der Waals surface area contributed by atoms with Crippen molar-refractivity contribution in [1.82, 2.24) is 5.06 Å². The van der Waals surface area contributed by atoms with Crippen LogP contribution in [0.4, 0.5) is 0 Å². The highest BCUT2D eigenvalue weighted by Crippen LogP contribution is 2.54. The van der Waals surface area contributed by atoms with Gasteiger partial charge in [-0.15, -0.1) is 0 Å². The Balaban J connectivity index is 1.64. The zero-order chi connectivity index (χ0) is 12.0. The van der Waals surface area contributed by atoms with Crippen LogP contribution in [0.2, 0.25) is 0 Å². The zero-order valence-electron chi connectivity index (χ0n) is 10.8. The van der Waals surface area contributed by atoms with E-state index in [1.807, 2.05) is 0 Å². The second-order valence-electron chi connectivity index (χ2n) is 6.20. The minimum absolute atomic E-state index is 0.377. The Labute approximate surface area is 109 Å². The maximum absolute atomic E-state index is 6.17. The van der Waals surface area contributed by atoms with Crippen molar-refractivity contribution < 1.29 is 4.84 Å². The van der Waals surface area contributed by atoms with Gasteiger partial charge >= 0.3 is 0 Å². The van der Waals surface area contributed by atoms with E-state index in [-0.39, 0.29) is 0 Å². The number of hydroxylamine groups is 2. The number of benzene rings is 1. The van der Waals surface area contributed by atoms with Crippen LogP contribution in [0.25, 0.3) is 0 Å². The van der Waals surface area contributed by atoms with Gasteiger partial charge in [0.25, 0.3) is 0 Å². The number of fused-ring (bicyclic) bond motifs is 3. The summed E-state index contributed by atoms with van der Waals surface area (Å²) in [7, 11) is 0. The van der Waals surface area contributed by atoms with E-state index in [4.69, 9.17) is 4.84 Å². The summed E-state index contributed by atoms with van der Waals surface area (Å²) in [4.78, 5) is 6.17. The molecule has 4 rings (SSSR count). The summed E-state index contributed by atoms with van der Waals surface area (Å²) < 4.78 is 0. The van der Waals surface area contributed by atoms with Gasteiger partial charge < -0.3 is 0 Å². The average molecular weight is 243 g/mol. The Kier molecular flexibility index (Phi) is 2.49. The molecule has 3 fully saturated rings. The van der Waals surface area contributed by atoms with E-state index in [1.165, 1.54) is 50.5 Å². The molecular formula is C16H21NO. The molecule has 1 aliphatic carbocycles. The molecule has 2 heterocycles. The summed E-state index contributed by atoms with van der Waals surface area (Å²) in [5.74, 6) is 0. The van der Waals surface area contributed by atoms with Gasteiger partial charge in [0, 0.05) is 5.54 Å². The van der Waals surface area contributed by atoms with Crippen molar-refractivity contribution >= 4 is 0 Å². The summed E-state index contributed by atoms with van der Waals surface area (Å²) in [5.41, 5.74) is 1.81. The van der Waals surface area contributed by atoms with Gasteiger partial charge in [-0.25, -0.2) is 0 Å². The molecule has 1 aromatic carbocycles. The molecule has 0 radical (unpaired) electrons. The third-order valence-corrected chi connectivity index (χ3v) is 5.08. The SMILES string of the molecule is c1ccc([C@H]2C[C@H]3CC4(CCCCC4)N2O3)cc1. The van der Waals surface area contributed by atoms with E-state index in [0.29, 0.717) is 17.7 Å². The van der Waals surface area contributed by atoms with Crippen LogP contribution >= 0.6 is 0 Å². The first-order valence-electron chi connectivity index (χ1n) is 7.38. The van der Waals surface area contributed by atoms with Gasteiger partial charge in [-0.3, -0.25) is 4.84 Å². The molecule has 2 heteroatoms. The molecule has 18 heavy (non-hydrogen) atoms. The molecule has 3 atom stereocenters. The molecule has 0 aromatic heterocycles. The third-order valence-electron chi connectivity index (χ3n) is 5.08. The molecule has 1 spiro atoms. The highest BCUT2D eigenvalue weighted by atomic mass is 16.7. The maximum atomic E-state index is 6.17. The lowest BCUT2D eigenvalue weighted by molar-refractivity contribution is -0.175.